The summed E-state index contributed by atoms with van der Waals surface area (Å²) in [5.74, 6) is 0.282. The van der Waals surface area contributed by atoms with Gasteiger partial charge in [0.2, 0.25) is 5.91 Å². The number of carbonyl (C=O) groups excluding carboxylic acids is 1. The van der Waals surface area contributed by atoms with Crippen LogP contribution in [0.2, 0.25) is 0 Å². The van der Waals surface area contributed by atoms with Gasteiger partial charge in [-0.25, -0.2) is 0 Å². The van der Waals surface area contributed by atoms with Gasteiger partial charge in [0.15, 0.2) is 0 Å². The number of hydrogen-bond acceptors (Lipinski definition) is 4. The molecule has 3 N–H and O–H groups in total. The topological polar surface area (TPSA) is 98.3 Å². The highest BCUT2D eigenvalue weighted by Crippen LogP contribution is 2.28. The molecule has 1 aromatic rings. The Labute approximate surface area is 132 Å². The minimum Gasteiger partial charge on any atom is -0.330 e. The third-order valence-electron chi connectivity index (χ3n) is 3.04. The van der Waals surface area contributed by atoms with Crippen molar-refractivity contribution in [2.75, 3.05) is 11.9 Å². The highest BCUT2D eigenvalue weighted by molar-refractivity contribution is 9.10. The molecule has 1 rings (SSSR count). The van der Waals surface area contributed by atoms with Gasteiger partial charge in [0.05, 0.1) is 4.92 Å². The lowest BCUT2D eigenvalue weighted by atomic mass is 9.94. The minimum atomic E-state index is -0.519. The van der Waals surface area contributed by atoms with Crippen molar-refractivity contribution in [3.05, 3.63) is 32.8 Å². The quantitative estimate of drug-likeness (QED) is 0.577. The number of nitrogens with one attached hydrogen (secondary N) is 1. The number of halogens is 1. The number of nitrogens with two attached hydrogens (primary N) is 1. The Morgan fingerprint density at radius 2 is 2.14 bits per heavy atom. The monoisotopic (exact) mass is 357 g/mol. The van der Waals surface area contributed by atoms with Crippen LogP contribution in [0, 0.1) is 22.0 Å². The standard InChI is InChI=1S/C14H20BrN3O3/c1-9(2)5-10(8-16)6-14(19)17-12-4-3-11(15)7-13(12)18(20)21/h3-4,7,9-10H,5-6,8,16H2,1-2H3,(H,17,19). The Bertz CT molecular complexity index is 520. The Balaban J connectivity index is 2.77. The summed E-state index contributed by atoms with van der Waals surface area (Å²) in [6.45, 7) is 4.56. The summed E-state index contributed by atoms with van der Waals surface area (Å²) in [5.41, 5.74) is 5.74. The Morgan fingerprint density at radius 3 is 2.67 bits per heavy atom. The predicted octanol–water partition coefficient (Wildman–Crippen LogP) is 3.31. The molecule has 0 radical (unpaired) electrons. The van der Waals surface area contributed by atoms with E-state index in [1.807, 2.05) is 0 Å². The molecule has 1 atom stereocenters. The van der Waals surface area contributed by atoms with E-state index in [0.717, 1.165) is 6.42 Å². The third kappa shape index (κ3) is 5.81. The first-order chi connectivity index (χ1) is 9.83. The number of nitro groups is 1. The molecule has 0 aromatic heterocycles. The molecule has 0 saturated carbocycles. The van der Waals surface area contributed by atoms with E-state index in [9.17, 15) is 14.9 Å². The van der Waals surface area contributed by atoms with Crippen LogP contribution in [0.5, 0.6) is 0 Å². The zero-order chi connectivity index (χ0) is 16.0. The van der Waals surface area contributed by atoms with Gasteiger partial charge in [0.25, 0.3) is 5.69 Å². The molecular formula is C14H20BrN3O3. The van der Waals surface area contributed by atoms with E-state index in [-0.39, 0.29) is 29.6 Å². The second-order valence-corrected chi connectivity index (χ2v) is 6.32. The fourth-order valence-corrected chi connectivity index (χ4v) is 2.50. The number of rotatable bonds is 7. The fourth-order valence-electron chi connectivity index (χ4n) is 2.15. The highest BCUT2D eigenvalue weighted by Gasteiger charge is 2.19. The first-order valence-corrected chi connectivity index (χ1v) is 7.56. The number of anilines is 1. The van der Waals surface area contributed by atoms with E-state index in [1.54, 1.807) is 6.07 Å². The van der Waals surface area contributed by atoms with Gasteiger partial charge in [-0.3, -0.25) is 14.9 Å². The summed E-state index contributed by atoms with van der Waals surface area (Å²) in [4.78, 5) is 22.5. The van der Waals surface area contributed by atoms with Crippen molar-refractivity contribution >= 4 is 33.2 Å². The van der Waals surface area contributed by atoms with Gasteiger partial charge in [-0.2, -0.15) is 0 Å². The first kappa shape index (κ1) is 17.6. The molecule has 0 saturated heterocycles. The maximum atomic E-state index is 12.0. The van der Waals surface area contributed by atoms with E-state index in [4.69, 9.17) is 5.73 Å². The van der Waals surface area contributed by atoms with Crippen LogP contribution in [0.1, 0.15) is 26.7 Å². The molecule has 1 amide bonds. The Morgan fingerprint density at radius 1 is 1.48 bits per heavy atom. The minimum absolute atomic E-state index is 0.0829. The van der Waals surface area contributed by atoms with Gasteiger partial charge >= 0.3 is 0 Å². The van der Waals surface area contributed by atoms with Crippen LogP contribution in [0.15, 0.2) is 22.7 Å². The lowest BCUT2D eigenvalue weighted by molar-refractivity contribution is -0.384. The lowest BCUT2D eigenvalue weighted by Crippen LogP contribution is -2.23. The van der Waals surface area contributed by atoms with Crippen molar-refractivity contribution < 1.29 is 9.72 Å². The summed E-state index contributed by atoms with van der Waals surface area (Å²) in [7, 11) is 0. The van der Waals surface area contributed by atoms with E-state index >= 15 is 0 Å². The van der Waals surface area contributed by atoms with Crippen LogP contribution in [-0.4, -0.2) is 17.4 Å². The molecule has 0 heterocycles. The van der Waals surface area contributed by atoms with Crippen molar-refractivity contribution in [1.29, 1.82) is 0 Å². The second kappa shape index (κ2) is 8.09. The average molecular weight is 358 g/mol. The van der Waals surface area contributed by atoms with Gasteiger partial charge in [-0.05, 0) is 36.9 Å². The first-order valence-electron chi connectivity index (χ1n) is 6.77. The number of benzene rings is 1. The van der Waals surface area contributed by atoms with Crippen LogP contribution >= 0.6 is 15.9 Å². The molecule has 0 aliphatic heterocycles. The molecule has 21 heavy (non-hydrogen) atoms. The van der Waals surface area contributed by atoms with E-state index in [1.165, 1.54) is 12.1 Å². The summed E-state index contributed by atoms with van der Waals surface area (Å²) in [5, 5.41) is 13.6. The second-order valence-electron chi connectivity index (χ2n) is 5.40. The largest absolute Gasteiger partial charge is 0.330 e. The molecule has 0 spiro atoms. The van der Waals surface area contributed by atoms with Crippen LogP contribution in [-0.2, 0) is 4.79 Å². The molecule has 0 bridgehead atoms. The van der Waals surface area contributed by atoms with Gasteiger partial charge < -0.3 is 11.1 Å². The molecule has 6 nitrogen and oxygen atoms in total. The van der Waals surface area contributed by atoms with Crippen molar-refractivity contribution in [3.8, 4) is 0 Å². The van der Waals surface area contributed by atoms with Crippen LogP contribution in [0.4, 0.5) is 11.4 Å². The number of nitrogens with zero attached hydrogens (tertiary/aromatic N) is 1. The molecular weight excluding hydrogens is 338 g/mol. The molecule has 0 fully saturated rings. The van der Waals surface area contributed by atoms with Gasteiger partial charge in [0, 0.05) is 17.0 Å². The van der Waals surface area contributed by atoms with Crippen molar-refractivity contribution in [2.45, 2.75) is 26.7 Å². The van der Waals surface area contributed by atoms with Gasteiger partial charge in [0.1, 0.15) is 5.69 Å². The molecule has 116 valence electrons. The summed E-state index contributed by atoms with van der Waals surface area (Å²) in [6, 6.07) is 4.53. The smallest absolute Gasteiger partial charge is 0.293 e. The maximum Gasteiger partial charge on any atom is 0.293 e. The summed E-state index contributed by atoms with van der Waals surface area (Å²) in [6.07, 6.45) is 1.12. The highest BCUT2D eigenvalue weighted by atomic mass is 79.9. The number of hydrogen-bond donors (Lipinski definition) is 2. The Hall–Kier alpha value is -1.47. The van der Waals surface area contributed by atoms with Crippen LogP contribution in [0.3, 0.4) is 0 Å². The zero-order valence-electron chi connectivity index (χ0n) is 12.1. The molecule has 0 aliphatic rings. The number of nitro benzene ring substituents is 1. The van der Waals surface area contributed by atoms with E-state index in [2.05, 4.69) is 35.1 Å². The molecule has 7 heteroatoms. The molecule has 1 aromatic carbocycles. The van der Waals surface area contributed by atoms with E-state index in [0.29, 0.717) is 16.9 Å². The van der Waals surface area contributed by atoms with Crippen molar-refractivity contribution in [1.82, 2.24) is 0 Å². The lowest BCUT2D eigenvalue weighted by Gasteiger charge is -2.16. The van der Waals surface area contributed by atoms with Gasteiger partial charge in [-0.1, -0.05) is 29.8 Å². The molecule has 0 aliphatic carbocycles. The average Bonchev–Trinajstić information content (AvgIpc) is 2.39. The van der Waals surface area contributed by atoms with Gasteiger partial charge in [-0.15, -0.1) is 0 Å². The Kier molecular flexibility index (Phi) is 6.77. The van der Waals surface area contributed by atoms with Crippen molar-refractivity contribution in [3.63, 3.8) is 0 Å². The molecule has 1 unspecified atom stereocenters. The van der Waals surface area contributed by atoms with Crippen LogP contribution < -0.4 is 11.1 Å². The normalized spacial score (nSPS) is 12.2. The number of carbonyl (C=O) groups is 1. The van der Waals surface area contributed by atoms with Crippen LogP contribution in [0.25, 0.3) is 0 Å². The third-order valence-corrected chi connectivity index (χ3v) is 3.54. The predicted molar refractivity (Wildman–Crippen MR) is 86.0 cm³/mol. The maximum absolute atomic E-state index is 12.0. The fraction of sp³-hybridized carbons (Fsp3) is 0.500. The summed E-state index contributed by atoms with van der Waals surface area (Å²) < 4.78 is 0.590. The van der Waals surface area contributed by atoms with Crippen molar-refractivity contribution in [2.24, 2.45) is 17.6 Å². The SMILES string of the molecule is CC(C)CC(CN)CC(=O)Nc1ccc(Br)cc1[N+](=O)[O-]. The summed E-state index contributed by atoms with van der Waals surface area (Å²) >= 11 is 3.18. The zero-order valence-corrected chi connectivity index (χ0v) is 13.7. The van der Waals surface area contributed by atoms with E-state index < -0.39 is 4.92 Å². The number of amides is 1.